The van der Waals surface area contributed by atoms with Gasteiger partial charge in [0.15, 0.2) is 0 Å². The first-order chi connectivity index (χ1) is 7.58. The highest BCUT2D eigenvalue weighted by Gasteiger charge is 2.17. The zero-order chi connectivity index (χ0) is 11.7. The van der Waals surface area contributed by atoms with Crippen LogP contribution >= 0.6 is 15.9 Å². The minimum atomic E-state index is 0.867. The lowest BCUT2D eigenvalue weighted by atomic mass is 10.3. The largest absolute Gasteiger partial charge is 0.338 e. The van der Waals surface area contributed by atoms with Gasteiger partial charge in [0.05, 0.1) is 15.9 Å². The molecule has 2 rings (SSSR count). The Balaban J connectivity index is 2.21. The van der Waals surface area contributed by atoms with Crippen molar-refractivity contribution in [2.75, 3.05) is 38.1 Å². The van der Waals surface area contributed by atoms with Crippen LogP contribution in [0.1, 0.15) is 11.4 Å². The predicted molar refractivity (Wildman–Crippen MR) is 68.9 cm³/mol. The van der Waals surface area contributed by atoms with Gasteiger partial charge in [-0.2, -0.15) is 0 Å². The van der Waals surface area contributed by atoms with Crippen molar-refractivity contribution in [3.63, 3.8) is 0 Å². The lowest BCUT2D eigenvalue weighted by molar-refractivity contribution is 0.311. The van der Waals surface area contributed by atoms with Crippen LogP contribution in [0.4, 0.5) is 5.95 Å². The molecule has 0 atom stereocenters. The molecule has 0 aromatic carbocycles. The summed E-state index contributed by atoms with van der Waals surface area (Å²) < 4.78 is 1.02. The van der Waals surface area contributed by atoms with Crippen LogP contribution in [0.5, 0.6) is 0 Å². The van der Waals surface area contributed by atoms with Gasteiger partial charge in [0.2, 0.25) is 5.95 Å². The van der Waals surface area contributed by atoms with E-state index in [9.17, 15) is 0 Å². The Hall–Kier alpha value is -0.680. The maximum Gasteiger partial charge on any atom is 0.225 e. The molecule has 0 bridgehead atoms. The van der Waals surface area contributed by atoms with E-state index in [1.165, 1.54) is 0 Å². The van der Waals surface area contributed by atoms with Crippen molar-refractivity contribution < 1.29 is 0 Å². The van der Waals surface area contributed by atoms with Gasteiger partial charge in [0.25, 0.3) is 0 Å². The smallest absolute Gasteiger partial charge is 0.225 e. The minimum absolute atomic E-state index is 0.867. The molecule has 0 spiro atoms. The van der Waals surface area contributed by atoms with Gasteiger partial charge in [0.1, 0.15) is 0 Å². The van der Waals surface area contributed by atoms with Gasteiger partial charge in [0, 0.05) is 26.2 Å². The summed E-state index contributed by atoms with van der Waals surface area (Å²) in [5.74, 6) is 0.867. The molecule has 4 nitrogen and oxygen atoms in total. The molecule has 0 aliphatic carbocycles. The molecule has 0 unspecified atom stereocenters. The minimum Gasteiger partial charge on any atom is -0.338 e. The van der Waals surface area contributed by atoms with Crippen LogP contribution in [-0.4, -0.2) is 48.1 Å². The number of likely N-dealkylation sites (N-methyl/N-ethyl adjacent to an activating group) is 1. The van der Waals surface area contributed by atoms with Crippen LogP contribution < -0.4 is 4.90 Å². The Labute approximate surface area is 105 Å². The topological polar surface area (TPSA) is 32.3 Å². The number of piperazine rings is 1. The molecular formula is C11H17BrN4. The SMILES string of the molecule is Cc1nc(N2CCN(C)CC2)nc(C)c1Br. The number of nitrogens with zero attached hydrogens (tertiary/aromatic N) is 4. The van der Waals surface area contributed by atoms with E-state index in [0.717, 1.165) is 48.0 Å². The average Bonchev–Trinajstić information content (AvgIpc) is 2.26. The normalized spacial score (nSPS) is 17.9. The zero-order valence-electron chi connectivity index (χ0n) is 10.00. The average molecular weight is 285 g/mol. The molecule has 88 valence electrons. The molecule has 0 radical (unpaired) electrons. The third kappa shape index (κ3) is 2.35. The van der Waals surface area contributed by atoms with Crippen molar-refractivity contribution in [2.45, 2.75) is 13.8 Å². The van der Waals surface area contributed by atoms with Gasteiger partial charge in [-0.1, -0.05) is 0 Å². The number of halogens is 1. The van der Waals surface area contributed by atoms with Crippen LogP contribution in [0.2, 0.25) is 0 Å². The first-order valence-corrected chi connectivity index (χ1v) is 6.31. The molecule has 2 heterocycles. The molecule has 0 saturated carbocycles. The molecule has 1 saturated heterocycles. The molecule has 1 aromatic heterocycles. The van der Waals surface area contributed by atoms with Crippen LogP contribution in [-0.2, 0) is 0 Å². The predicted octanol–water partition coefficient (Wildman–Crippen LogP) is 1.61. The number of rotatable bonds is 1. The quantitative estimate of drug-likeness (QED) is 0.784. The second kappa shape index (κ2) is 4.67. The van der Waals surface area contributed by atoms with Gasteiger partial charge in [-0.25, -0.2) is 9.97 Å². The van der Waals surface area contributed by atoms with E-state index in [4.69, 9.17) is 0 Å². The standard InChI is InChI=1S/C11H17BrN4/c1-8-10(12)9(2)14-11(13-8)16-6-4-15(3)5-7-16/h4-7H2,1-3H3. The fourth-order valence-corrected chi connectivity index (χ4v) is 2.01. The van der Waals surface area contributed by atoms with Crippen molar-refractivity contribution in [3.05, 3.63) is 15.9 Å². The monoisotopic (exact) mass is 284 g/mol. The van der Waals surface area contributed by atoms with Gasteiger partial charge >= 0.3 is 0 Å². The molecule has 0 N–H and O–H groups in total. The fraction of sp³-hybridized carbons (Fsp3) is 0.636. The third-order valence-electron chi connectivity index (χ3n) is 2.96. The summed E-state index contributed by atoms with van der Waals surface area (Å²) in [6, 6.07) is 0. The van der Waals surface area contributed by atoms with Gasteiger partial charge in [-0.3, -0.25) is 0 Å². The summed E-state index contributed by atoms with van der Waals surface area (Å²) >= 11 is 3.50. The van der Waals surface area contributed by atoms with Crippen LogP contribution in [0.3, 0.4) is 0 Å². The molecule has 0 amide bonds. The van der Waals surface area contributed by atoms with Crippen LogP contribution in [0, 0.1) is 13.8 Å². The lowest BCUT2D eigenvalue weighted by Crippen LogP contribution is -2.45. The molecule has 1 fully saturated rings. The highest BCUT2D eigenvalue weighted by atomic mass is 79.9. The second-order valence-electron chi connectivity index (χ2n) is 4.30. The summed E-state index contributed by atoms with van der Waals surface area (Å²) in [5.41, 5.74) is 2.03. The summed E-state index contributed by atoms with van der Waals surface area (Å²) in [6.07, 6.45) is 0. The maximum atomic E-state index is 4.53. The van der Waals surface area contributed by atoms with Crippen molar-refractivity contribution in [1.29, 1.82) is 0 Å². The number of anilines is 1. The number of hydrogen-bond donors (Lipinski definition) is 0. The van der Waals surface area contributed by atoms with E-state index in [1.54, 1.807) is 0 Å². The van der Waals surface area contributed by atoms with E-state index in [-0.39, 0.29) is 0 Å². The Morgan fingerprint density at radius 3 is 2.00 bits per heavy atom. The molecule has 1 aliphatic heterocycles. The molecular weight excluding hydrogens is 268 g/mol. The van der Waals surface area contributed by atoms with Crippen molar-refractivity contribution in [2.24, 2.45) is 0 Å². The lowest BCUT2D eigenvalue weighted by Gasteiger charge is -2.32. The third-order valence-corrected chi connectivity index (χ3v) is 4.10. The van der Waals surface area contributed by atoms with E-state index in [0.29, 0.717) is 0 Å². The summed E-state index contributed by atoms with van der Waals surface area (Å²) in [4.78, 5) is 13.6. The van der Waals surface area contributed by atoms with Gasteiger partial charge in [-0.05, 0) is 36.8 Å². The Bertz CT molecular complexity index is 363. The first kappa shape index (κ1) is 11.8. The zero-order valence-corrected chi connectivity index (χ0v) is 11.6. The van der Waals surface area contributed by atoms with E-state index >= 15 is 0 Å². The number of aromatic nitrogens is 2. The first-order valence-electron chi connectivity index (χ1n) is 5.52. The highest BCUT2D eigenvalue weighted by molar-refractivity contribution is 9.10. The maximum absolute atomic E-state index is 4.53. The van der Waals surface area contributed by atoms with E-state index in [1.807, 2.05) is 13.8 Å². The van der Waals surface area contributed by atoms with Gasteiger partial charge in [-0.15, -0.1) is 0 Å². The van der Waals surface area contributed by atoms with Crippen LogP contribution in [0.15, 0.2) is 4.47 Å². The summed E-state index contributed by atoms with van der Waals surface area (Å²) in [5, 5.41) is 0. The molecule has 1 aliphatic rings. The van der Waals surface area contributed by atoms with E-state index in [2.05, 4.69) is 42.7 Å². The highest BCUT2D eigenvalue weighted by Crippen LogP contribution is 2.21. The molecule has 5 heteroatoms. The summed E-state index contributed by atoms with van der Waals surface area (Å²) in [7, 11) is 2.15. The molecule has 16 heavy (non-hydrogen) atoms. The van der Waals surface area contributed by atoms with Crippen molar-refractivity contribution in [1.82, 2.24) is 14.9 Å². The second-order valence-corrected chi connectivity index (χ2v) is 5.09. The van der Waals surface area contributed by atoms with Crippen molar-refractivity contribution >= 4 is 21.9 Å². The van der Waals surface area contributed by atoms with Crippen molar-refractivity contribution in [3.8, 4) is 0 Å². The number of aryl methyl sites for hydroxylation is 2. The molecule has 1 aromatic rings. The Morgan fingerprint density at radius 2 is 1.50 bits per heavy atom. The number of hydrogen-bond acceptors (Lipinski definition) is 4. The summed E-state index contributed by atoms with van der Waals surface area (Å²) in [6.45, 7) is 8.21. The van der Waals surface area contributed by atoms with Gasteiger partial charge < -0.3 is 9.80 Å². The Kier molecular flexibility index (Phi) is 3.44. The van der Waals surface area contributed by atoms with Crippen LogP contribution in [0.25, 0.3) is 0 Å². The van der Waals surface area contributed by atoms with E-state index < -0.39 is 0 Å². The fourth-order valence-electron chi connectivity index (χ4n) is 1.83. The Morgan fingerprint density at radius 1 is 1.00 bits per heavy atom.